The van der Waals surface area contributed by atoms with Crippen molar-refractivity contribution in [1.29, 1.82) is 0 Å². The van der Waals surface area contributed by atoms with E-state index in [-0.39, 0.29) is 0 Å². The number of hydrogen-bond donors (Lipinski definition) is 1. The standard InChI is InChI=1S/C11H21NO3/c1-4-5-6-15-11(14)12-10(8-13)7-9(2)3/h8-10H,4-7H2,1-3H3,(H,12,14). The molecule has 0 saturated carbocycles. The van der Waals surface area contributed by atoms with Crippen molar-refractivity contribution in [2.75, 3.05) is 6.61 Å². The molecule has 0 heterocycles. The van der Waals surface area contributed by atoms with Gasteiger partial charge < -0.3 is 14.8 Å². The molecule has 0 radical (unpaired) electrons. The largest absolute Gasteiger partial charge is 0.450 e. The molecule has 1 N–H and O–H groups in total. The lowest BCUT2D eigenvalue weighted by atomic mass is 10.1. The van der Waals surface area contributed by atoms with Crippen molar-refractivity contribution >= 4 is 12.4 Å². The lowest BCUT2D eigenvalue weighted by Gasteiger charge is -2.14. The molecule has 88 valence electrons. The summed E-state index contributed by atoms with van der Waals surface area (Å²) in [5.74, 6) is 0.371. The Morgan fingerprint density at radius 2 is 2.13 bits per heavy atom. The summed E-state index contributed by atoms with van der Waals surface area (Å²) in [5, 5.41) is 2.53. The summed E-state index contributed by atoms with van der Waals surface area (Å²) in [6.07, 6.45) is 2.73. The zero-order valence-electron chi connectivity index (χ0n) is 9.79. The van der Waals surface area contributed by atoms with Crippen LogP contribution < -0.4 is 5.32 Å². The van der Waals surface area contributed by atoms with Crippen LogP contribution in [0.1, 0.15) is 40.0 Å². The molecule has 1 amide bonds. The van der Waals surface area contributed by atoms with Crippen molar-refractivity contribution in [3.63, 3.8) is 0 Å². The van der Waals surface area contributed by atoms with Gasteiger partial charge in [-0.25, -0.2) is 4.79 Å². The summed E-state index contributed by atoms with van der Waals surface area (Å²) in [4.78, 5) is 21.8. The van der Waals surface area contributed by atoms with E-state index in [1.165, 1.54) is 0 Å². The number of rotatable bonds is 7. The summed E-state index contributed by atoms with van der Waals surface area (Å²) in [6, 6.07) is -0.431. The molecular weight excluding hydrogens is 194 g/mol. The van der Waals surface area contributed by atoms with Crippen LogP contribution in [0.15, 0.2) is 0 Å². The maximum Gasteiger partial charge on any atom is 0.407 e. The van der Waals surface area contributed by atoms with E-state index >= 15 is 0 Å². The highest BCUT2D eigenvalue weighted by Gasteiger charge is 2.13. The number of ether oxygens (including phenoxy) is 1. The summed E-state index contributed by atoms with van der Waals surface area (Å²) in [5.41, 5.74) is 0. The molecule has 15 heavy (non-hydrogen) atoms. The Balaban J connectivity index is 3.75. The number of nitrogens with one attached hydrogen (secondary N) is 1. The third-order valence-electron chi connectivity index (χ3n) is 1.92. The topological polar surface area (TPSA) is 55.4 Å². The molecule has 1 unspecified atom stereocenters. The van der Waals surface area contributed by atoms with Crippen LogP contribution in [-0.2, 0) is 9.53 Å². The molecule has 0 aliphatic carbocycles. The fourth-order valence-corrected chi connectivity index (χ4v) is 1.16. The minimum absolute atomic E-state index is 0.371. The highest BCUT2D eigenvalue weighted by Crippen LogP contribution is 2.03. The van der Waals surface area contributed by atoms with Crippen LogP contribution >= 0.6 is 0 Å². The molecule has 0 saturated heterocycles. The molecule has 0 aromatic heterocycles. The normalized spacial score (nSPS) is 12.3. The van der Waals surface area contributed by atoms with Gasteiger partial charge in [-0.05, 0) is 18.8 Å². The van der Waals surface area contributed by atoms with Gasteiger partial charge in [0.2, 0.25) is 0 Å². The highest BCUT2D eigenvalue weighted by molar-refractivity contribution is 5.72. The predicted octanol–water partition coefficient (Wildman–Crippen LogP) is 2.13. The first-order valence-electron chi connectivity index (χ1n) is 5.48. The Hall–Kier alpha value is -1.06. The van der Waals surface area contributed by atoms with Crippen molar-refractivity contribution < 1.29 is 14.3 Å². The van der Waals surface area contributed by atoms with E-state index < -0.39 is 12.1 Å². The van der Waals surface area contributed by atoms with Crippen LogP contribution in [0.3, 0.4) is 0 Å². The summed E-state index contributed by atoms with van der Waals surface area (Å²) in [6.45, 7) is 6.44. The molecule has 0 aliphatic heterocycles. The smallest absolute Gasteiger partial charge is 0.407 e. The predicted molar refractivity (Wildman–Crippen MR) is 58.7 cm³/mol. The minimum Gasteiger partial charge on any atom is -0.450 e. The van der Waals surface area contributed by atoms with Crippen LogP contribution in [0.2, 0.25) is 0 Å². The van der Waals surface area contributed by atoms with E-state index in [9.17, 15) is 9.59 Å². The van der Waals surface area contributed by atoms with E-state index in [4.69, 9.17) is 4.74 Å². The van der Waals surface area contributed by atoms with Gasteiger partial charge in [-0.3, -0.25) is 0 Å². The molecule has 4 nitrogen and oxygen atoms in total. The monoisotopic (exact) mass is 215 g/mol. The quantitative estimate of drug-likeness (QED) is 0.523. The first-order chi connectivity index (χ1) is 7.10. The Kier molecular flexibility index (Phi) is 7.68. The Bertz CT molecular complexity index is 192. The molecule has 0 fully saturated rings. The molecular formula is C11H21NO3. The second-order valence-electron chi connectivity index (χ2n) is 4.01. The van der Waals surface area contributed by atoms with Gasteiger partial charge in [0, 0.05) is 0 Å². The SMILES string of the molecule is CCCCOC(=O)NC(C=O)CC(C)C. The van der Waals surface area contributed by atoms with Gasteiger partial charge in [0.1, 0.15) is 6.29 Å². The first-order valence-corrected chi connectivity index (χ1v) is 5.48. The molecule has 0 spiro atoms. The molecule has 0 aromatic carbocycles. The van der Waals surface area contributed by atoms with Gasteiger partial charge in [0.05, 0.1) is 12.6 Å². The van der Waals surface area contributed by atoms with E-state index in [2.05, 4.69) is 5.32 Å². The van der Waals surface area contributed by atoms with Gasteiger partial charge in [0.25, 0.3) is 0 Å². The molecule has 0 aromatic rings. The second kappa shape index (κ2) is 8.26. The van der Waals surface area contributed by atoms with Crippen molar-refractivity contribution in [1.82, 2.24) is 5.32 Å². The van der Waals surface area contributed by atoms with Crippen LogP contribution in [0, 0.1) is 5.92 Å². The lowest BCUT2D eigenvalue weighted by Crippen LogP contribution is -2.37. The van der Waals surface area contributed by atoms with Crippen LogP contribution in [-0.4, -0.2) is 25.0 Å². The molecule has 1 atom stereocenters. The maximum atomic E-state index is 11.2. The van der Waals surface area contributed by atoms with Crippen molar-refractivity contribution in [2.24, 2.45) is 5.92 Å². The van der Waals surface area contributed by atoms with Crippen molar-refractivity contribution in [3.8, 4) is 0 Å². The Labute approximate surface area is 91.4 Å². The van der Waals surface area contributed by atoms with Gasteiger partial charge in [0.15, 0.2) is 0 Å². The fourth-order valence-electron chi connectivity index (χ4n) is 1.16. The molecule has 0 bridgehead atoms. The van der Waals surface area contributed by atoms with E-state index in [0.29, 0.717) is 18.9 Å². The summed E-state index contributed by atoms with van der Waals surface area (Å²) >= 11 is 0. The number of aldehydes is 1. The number of unbranched alkanes of at least 4 members (excludes halogenated alkanes) is 1. The highest BCUT2D eigenvalue weighted by atomic mass is 16.5. The zero-order chi connectivity index (χ0) is 11.7. The Morgan fingerprint density at radius 1 is 1.47 bits per heavy atom. The number of alkyl carbamates (subject to hydrolysis) is 1. The fraction of sp³-hybridized carbons (Fsp3) is 0.818. The molecule has 0 aliphatic rings. The van der Waals surface area contributed by atoms with Crippen LogP contribution in [0.25, 0.3) is 0 Å². The van der Waals surface area contributed by atoms with Crippen molar-refractivity contribution in [2.45, 2.75) is 46.1 Å². The van der Waals surface area contributed by atoms with Gasteiger partial charge in [-0.2, -0.15) is 0 Å². The summed E-state index contributed by atoms with van der Waals surface area (Å²) < 4.78 is 4.89. The van der Waals surface area contributed by atoms with E-state index in [1.54, 1.807) is 0 Å². The third kappa shape index (κ3) is 7.97. The summed E-state index contributed by atoms with van der Waals surface area (Å²) in [7, 11) is 0. The lowest BCUT2D eigenvalue weighted by molar-refractivity contribution is -0.109. The maximum absolute atomic E-state index is 11.2. The molecule has 0 rings (SSSR count). The van der Waals surface area contributed by atoms with E-state index in [1.807, 2.05) is 20.8 Å². The average molecular weight is 215 g/mol. The molecule has 4 heteroatoms. The van der Waals surface area contributed by atoms with Gasteiger partial charge >= 0.3 is 6.09 Å². The van der Waals surface area contributed by atoms with Crippen LogP contribution in [0.5, 0.6) is 0 Å². The zero-order valence-corrected chi connectivity index (χ0v) is 9.79. The number of carbonyl (C=O) groups excluding carboxylic acids is 2. The average Bonchev–Trinajstić information content (AvgIpc) is 2.16. The van der Waals surface area contributed by atoms with Gasteiger partial charge in [-0.15, -0.1) is 0 Å². The van der Waals surface area contributed by atoms with Gasteiger partial charge in [-0.1, -0.05) is 27.2 Å². The second-order valence-corrected chi connectivity index (χ2v) is 4.01. The number of amides is 1. The van der Waals surface area contributed by atoms with Crippen molar-refractivity contribution in [3.05, 3.63) is 0 Å². The minimum atomic E-state index is -0.499. The Morgan fingerprint density at radius 3 is 2.60 bits per heavy atom. The number of hydrogen-bond acceptors (Lipinski definition) is 3. The van der Waals surface area contributed by atoms with Crippen LogP contribution in [0.4, 0.5) is 4.79 Å². The van der Waals surface area contributed by atoms with E-state index in [0.717, 1.165) is 19.1 Å². The third-order valence-corrected chi connectivity index (χ3v) is 1.92. The first kappa shape index (κ1) is 13.9. The number of carbonyl (C=O) groups is 2.